The lowest BCUT2D eigenvalue weighted by molar-refractivity contribution is -0.117. The minimum Gasteiger partial charge on any atom is -0.363 e. The van der Waals surface area contributed by atoms with Crippen LogP contribution in [0.3, 0.4) is 0 Å². The maximum atomic E-state index is 13.3. The molecule has 5 amide bonds. The van der Waals surface area contributed by atoms with Gasteiger partial charge in [-0.2, -0.15) is 0 Å². The number of aromatic nitrogens is 4. The molecule has 0 bridgehead atoms. The highest BCUT2D eigenvalue weighted by atomic mass is 35.5. The first-order chi connectivity index (χ1) is 22.8. The average molecular weight is 697 g/mol. The molecule has 0 radical (unpaired) electrons. The van der Waals surface area contributed by atoms with Gasteiger partial charge in [0.15, 0.2) is 6.10 Å². The van der Waals surface area contributed by atoms with Crippen LogP contribution in [0, 0.1) is 0 Å². The van der Waals surface area contributed by atoms with Gasteiger partial charge in [0, 0.05) is 59.5 Å². The number of nitrogens with one attached hydrogen (secondary N) is 5. The molecule has 0 aromatic carbocycles. The van der Waals surface area contributed by atoms with Crippen LogP contribution in [0.15, 0.2) is 49.1 Å². The zero-order chi connectivity index (χ0) is 34.7. The fraction of sp³-hybridized carbons (Fsp3) is 0.344. The minimum atomic E-state index is -0.456. The predicted octanol–water partition coefficient (Wildman–Crippen LogP) is 2.61. The van der Waals surface area contributed by atoms with E-state index in [0.29, 0.717) is 41.6 Å². The Morgan fingerprint density at radius 1 is 0.653 bits per heavy atom. The van der Waals surface area contributed by atoms with Gasteiger partial charge in [-0.1, -0.05) is 0 Å². The summed E-state index contributed by atoms with van der Waals surface area (Å²) in [6, 6.07) is 6.26. The average Bonchev–Trinajstić information content (AvgIpc) is 3.52. The van der Waals surface area contributed by atoms with Crippen LogP contribution in [0.4, 0.5) is 22.7 Å². The molecule has 5 N–H and O–H groups in total. The van der Waals surface area contributed by atoms with Gasteiger partial charge in [0.05, 0.1) is 29.4 Å². The van der Waals surface area contributed by atoms with Crippen LogP contribution in [-0.2, 0) is 9.53 Å². The summed E-state index contributed by atoms with van der Waals surface area (Å²) >= 11 is 0. The largest absolute Gasteiger partial charge is 0.363 e. The van der Waals surface area contributed by atoms with Crippen LogP contribution in [0.2, 0.25) is 0 Å². The van der Waals surface area contributed by atoms with Crippen LogP contribution >= 0.6 is 12.4 Å². The second-order valence-electron chi connectivity index (χ2n) is 11.9. The van der Waals surface area contributed by atoms with Gasteiger partial charge in [0.25, 0.3) is 29.5 Å². The van der Waals surface area contributed by atoms with E-state index >= 15 is 0 Å². The second kappa shape index (κ2) is 15.3. The molecule has 17 heteroatoms. The van der Waals surface area contributed by atoms with Crippen LogP contribution < -0.4 is 20.0 Å². The first-order valence-corrected chi connectivity index (χ1v) is 15.2. The fourth-order valence-electron chi connectivity index (χ4n) is 4.94. The zero-order valence-corrected chi connectivity index (χ0v) is 28.9. The number of carbonyl (C=O) groups is 5. The SMILES string of the molecule is CN(C)CCCN(C)C(=O)c1cc(N(C)C(=O)c2cc(N(C)C(=O)c3cc(N(C)C(=O)c4cc(NC(=O)C5CO5)c[nH]4)c[nH]3)c[nH]2)c[nH]1.Cl. The molecule has 16 nitrogen and oxygen atoms in total. The monoisotopic (exact) mass is 696 g/mol. The third-order valence-corrected chi connectivity index (χ3v) is 8.02. The summed E-state index contributed by atoms with van der Waals surface area (Å²) in [6.45, 7) is 1.85. The minimum absolute atomic E-state index is 0. The maximum Gasteiger partial charge on any atom is 0.274 e. The smallest absolute Gasteiger partial charge is 0.274 e. The van der Waals surface area contributed by atoms with Crippen LogP contribution in [0.1, 0.15) is 48.4 Å². The highest BCUT2D eigenvalue weighted by molar-refractivity contribution is 6.10. The van der Waals surface area contributed by atoms with Crippen molar-refractivity contribution in [3.63, 3.8) is 0 Å². The molecule has 1 saturated heterocycles. The molecule has 0 spiro atoms. The number of amides is 5. The summed E-state index contributed by atoms with van der Waals surface area (Å²) < 4.78 is 4.96. The Bertz CT molecular complexity index is 1820. The molecular formula is C32H41ClN10O6. The maximum absolute atomic E-state index is 13.3. The van der Waals surface area contributed by atoms with Crippen molar-refractivity contribution < 1.29 is 28.7 Å². The molecule has 0 aliphatic carbocycles. The number of hydrogen-bond donors (Lipinski definition) is 5. The first kappa shape index (κ1) is 36.5. The van der Waals surface area contributed by atoms with E-state index in [-0.39, 0.29) is 53.1 Å². The van der Waals surface area contributed by atoms with E-state index < -0.39 is 12.0 Å². The Labute approximate surface area is 289 Å². The van der Waals surface area contributed by atoms with Crippen LogP contribution in [0.5, 0.6) is 0 Å². The Morgan fingerprint density at radius 2 is 1.06 bits per heavy atom. The van der Waals surface area contributed by atoms with Crippen LogP contribution in [0.25, 0.3) is 0 Å². The summed E-state index contributed by atoms with van der Waals surface area (Å²) in [5, 5.41) is 2.68. The summed E-state index contributed by atoms with van der Waals surface area (Å²) in [6.07, 6.45) is 6.57. The normalized spacial score (nSPS) is 13.4. The van der Waals surface area contributed by atoms with Gasteiger partial charge in [-0.25, -0.2) is 0 Å². The number of ether oxygens (including phenoxy) is 1. The Kier molecular flexibility index (Phi) is 11.4. The molecule has 1 unspecified atom stereocenters. The van der Waals surface area contributed by atoms with Crippen molar-refractivity contribution in [2.24, 2.45) is 0 Å². The van der Waals surface area contributed by atoms with Crippen molar-refractivity contribution in [3.8, 4) is 0 Å². The number of epoxide rings is 1. The molecule has 4 aromatic rings. The highest BCUT2D eigenvalue weighted by Crippen LogP contribution is 2.24. The Balaban J connectivity index is 0.00000541. The molecule has 1 atom stereocenters. The standard InChI is InChI=1S/C32H40N10O6.ClH/c1-38(2)8-7-9-39(3)29(44)24-11-20(15-34-24)41(5)31(46)26-13-22(17-36-26)42(6)32(47)25-12-21(16-35-25)40(4)30(45)23-10-19(14-33-23)37-28(43)27-18-48-27;/h10-17,27,33-36H,7-9,18H2,1-6H3,(H,37,43);1H. The van der Waals surface area contributed by atoms with E-state index in [1.165, 1.54) is 33.2 Å². The molecule has 262 valence electrons. The van der Waals surface area contributed by atoms with Gasteiger partial charge in [-0.05, 0) is 51.3 Å². The molecular weight excluding hydrogens is 656 g/mol. The third-order valence-electron chi connectivity index (χ3n) is 8.02. The predicted molar refractivity (Wildman–Crippen MR) is 187 cm³/mol. The summed E-state index contributed by atoms with van der Waals surface area (Å²) in [4.78, 5) is 83.9. The second-order valence-corrected chi connectivity index (χ2v) is 11.9. The van der Waals surface area contributed by atoms with Crippen molar-refractivity contribution in [1.82, 2.24) is 29.7 Å². The lowest BCUT2D eigenvalue weighted by atomic mass is 10.3. The lowest BCUT2D eigenvalue weighted by Gasteiger charge is -2.18. The molecule has 1 aliphatic rings. The summed E-state index contributed by atoms with van der Waals surface area (Å²) in [5.74, 6) is -1.59. The van der Waals surface area contributed by atoms with Gasteiger partial charge in [-0.15, -0.1) is 12.4 Å². The molecule has 0 saturated carbocycles. The Morgan fingerprint density at radius 3 is 1.49 bits per heavy atom. The van der Waals surface area contributed by atoms with Crippen molar-refractivity contribution in [1.29, 1.82) is 0 Å². The number of H-pyrrole nitrogens is 4. The van der Waals surface area contributed by atoms with Crippen molar-refractivity contribution >= 4 is 64.7 Å². The molecule has 1 aliphatic heterocycles. The number of rotatable bonds is 13. The van der Waals surface area contributed by atoms with Crippen molar-refractivity contribution in [2.75, 3.05) is 82.0 Å². The van der Waals surface area contributed by atoms with Crippen LogP contribution in [-0.4, -0.2) is 127 Å². The number of aromatic amines is 4. The highest BCUT2D eigenvalue weighted by Gasteiger charge is 2.31. The molecule has 49 heavy (non-hydrogen) atoms. The van der Waals surface area contributed by atoms with E-state index in [4.69, 9.17) is 4.74 Å². The van der Waals surface area contributed by atoms with Gasteiger partial charge >= 0.3 is 0 Å². The van der Waals surface area contributed by atoms with E-state index in [9.17, 15) is 24.0 Å². The third kappa shape index (κ3) is 8.40. The molecule has 5 heterocycles. The first-order valence-electron chi connectivity index (χ1n) is 15.2. The number of carbonyl (C=O) groups excluding carboxylic acids is 5. The van der Waals surface area contributed by atoms with E-state index in [1.807, 2.05) is 14.1 Å². The van der Waals surface area contributed by atoms with Gasteiger partial charge in [-0.3, -0.25) is 24.0 Å². The Hall–Kier alpha value is -5.32. The van der Waals surface area contributed by atoms with E-state index in [2.05, 4.69) is 30.2 Å². The summed E-state index contributed by atoms with van der Waals surface area (Å²) in [5.41, 5.74) is 2.92. The zero-order valence-electron chi connectivity index (χ0n) is 28.1. The number of nitrogens with zero attached hydrogens (tertiary/aromatic N) is 5. The van der Waals surface area contributed by atoms with E-state index in [0.717, 1.165) is 13.0 Å². The molecule has 4 aromatic heterocycles. The van der Waals surface area contributed by atoms with Gasteiger partial charge < -0.3 is 54.5 Å². The fourth-order valence-corrected chi connectivity index (χ4v) is 4.94. The topological polar surface area (TPSA) is 189 Å². The van der Waals surface area contributed by atoms with Gasteiger partial charge in [0.1, 0.15) is 22.8 Å². The molecule has 1 fully saturated rings. The quantitative estimate of drug-likeness (QED) is 0.133. The molecule has 5 rings (SSSR count). The number of anilines is 4. The van der Waals surface area contributed by atoms with Crippen molar-refractivity contribution in [3.05, 3.63) is 71.8 Å². The lowest BCUT2D eigenvalue weighted by Crippen LogP contribution is -2.30. The van der Waals surface area contributed by atoms with E-state index in [1.54, 1.807) is 63.7 Å². The number of hydrogen-bond acceptors (Lipinski definition) is 7. The summed E-state index contributed by atoms with van der Waals surface area (Å²) in [7, 11) is 10.4. The number of halogens is 1. The van der Waals surface area contributed by atoms with Gasteiger partial charge in [0.2, 0.25) is 0 Å². The van der Waals surface area contributed by atoms with Crippen molar-refractivity contribution in [2.45, 2.75) is 12.5 Å².